The van der Waals surface area contributed by atoms with Crippen LogP contribution in [0.2, 0.25) is 0 Å². The Balaban J connectivity index is 2.41. The van der Waals surface area contributed by atoms with Crippen molar-refractivity contribution < 1.29 is 0 Å². The molecule has 3 heterocycles. The van der Waals surface area contributed by atoms with Crippen LogP contribution in [-0.4, -0.2) is 30.2 Å². The van der Waals surface area contributed by atoms with E-state index in [1.54, 1.807) is 0 Å². The smallest absolute Gasteiger partial charge is 0.211 e. The minimum Gasteiger partial charge on any atom is -0.337 e. The average molecular weight is 238 g/mol. The summed E-state index contributed by atoms with van der Waals surface area (Å²) in [6, 6.07) is 8.11. The second-order valence-corrected chi connectivity index (χ2v) is 4.17. The molecule has 0 radical (unpaired) electrons. The van der Waals surface area contributed by atoms with Crippen LogP contribution in [0.5, 0.6) is 0 Å². The largest absolute Gasteiger partial charge is 0.337 e. The molecule has 6 nitrogen and oxygen atoms in total. The molecule has 4 rings (SSSR count). The van der Waals surface area contributed by atoms with Gasteiger partial charge in [0.25, 0.3) is 0 Å². The zero-order chi connectivity index (χ0) is 12.1. The minimum absolute atomic E-state index is 0.590. The molecule has 4 aromatic rings. The molecule has 0 bridgehead atoms. The molecule has 1 N–H and O–H groups in total. The van der Waals surface area contributed by atoms with Gasteiger partial charge in [-0.3, -0.25) is 0 Å². The van der Waals surface area contributed by atoms with Crippen molar-refractivity contribution >= 4 is 33.1 Å². The molecule has 0 spiro atoms. The van der Waals surface area contributed by atoms with Crippen molar-refractivity contribution in [1.29, 1.82) is 0 Å². The van der Waals surface area contributed by atoms with Crippen LogP contribution in [0.3, 0.4) is 0 Å². The van der Waals surface area contributed by atoms with Crippen LogP contribution >= 0.6 is 0 Å². The maximum absolute atomic E-state index is 4.18. The lowest BCUT2D eigenvalue weighted by Crippen LogP contribution is -2.06. The predicted molar refractivity (Wildman–Crippen MR) is 68.2 cm³/mol. The van der Waals surface area contributed by atoms with Crippen LogP contribution in [0.4, 0.5) is 0 Å². The van der Waals surface area contributed by atoms with Crippen molar-refractivity contribution in [2.45, 2.75) is 13.5 Å². The van der Waals surface area contributed by atoms with Crippen LogP contribution < -0.4 is 0 Å². The van der Waals surface area contributed by atoms with Gasteiger partial charge in [0.05, 0.1) is 10.9 Å². The van der Waals surface area contributed by atoms with Crippen LogP contribution in [0.1, 0.15) is 6.92 Å². The lowest BCUT2D eigenvalue weighted by Gasteiger charge is -2.08. The first kappa shape index (κ1) is 9.52. The van der Waals surface area contributed by atoms with E-state index in [-0.39, 0.29) is 0 Å². The maximum atomic E-state index is 4.18. The standard InChI is InChI=1S/C12H10N6/c1-2-18-10-7-5-3-4-6-8(7)13-11-9(10)12(15-14-11)16-17-18/h3-6H,2H2,1H3,(H,13,14,15). The summed E-state index contributed by atoms with van der Waals surface area (Å²) in [6.07, 6.45) is 0. The lowest BCUT2D eigenvalue weighted by molar-refractivity contribution is 0.625. The van der Waals surface area contributed by atoms with Crippen molar-refractivity contribution in [2.75, 3.05) is 0 Å². The first-order valence-corrected chi connectivity index (χ1v) is 5.85. The van der Waals surface area contributed by atoms with Crippen LogP contribution in [0.25, 0.3) is 33.1 Å². The minimum atomic E-state index is 0.590. The van der Waals surface area contributed by atoms with E-state index in [0.717, 1.165) is 34.0 Å². The molecule has 0 atom stereocenters. The van der Waals surface area contributed by atoms with Gasteiger partial charge in [-0.1, -0.05) is 23.4 Å². The third kappa shape index (κ3) is 1.07. The number of aromatic nitrogens is 6. The Morgan fingerprint density at radius 1 is 1.17 bits per heavy atom. The molecule has 3 aromatic heterocycles. The normalized spacial score (nSPS) is 11.8. The number of aromatic amines is 1. The van der Waals surface area contributed by atoms with Gasteiger partial charge in [-0.25, -0.2) is 4.68 Å². The molecule has 0 aliphatic heterocycles. The number of para-hydroxylation sites is 1. The highest BCUT2D eigenvalue weighted by Gasteiger charge is 2.14. The van der Waals surface area contributed by atoms with Gasteiger partial charge in [-0.05, 0) is 13.0 Å². The van der Waals surface area contributed by atoms with E-state index in [2.05, 4.69) is 31.6 Å². The fourth-order valence-corrected chi connectivity index (χ4v) is 2.37. The summed E-state index contributed by atoms with van der Waals surface area (Å²) in [5, 5.41) is 18.5. The van der Waals surface area contributed by atoms with Crippen molar-refractivity contribution in [2.24, 2.45) is 0 Å². The molecule has 0 aliphatic carbocycles. The third-order valence-electron chi connectivity index (χ3n) is 3.18. The number of aryl methyl sites for hydroxylation is 1. The zero-order valence-electron chi connectivity index (χ0n) is 9.75. The number of nitrogens with zero attached hydrogens (tertiary/aromatic N) is 5. The second-order valence-electron chi connectivity index (χ2n) is 4.17. The van der Waals surface area contributed by atoms with Gasteiger partial charge < -0.3 is 4.98 Å². The maximum Gasteiger partial charge on any atom is 0.211 e. The highest BCUT2D eigenvalue weighted by atomic mass is 15.4. The van der Waals surface area contributed by atoms with Gasteiger partial charge in [-0.2, -0.15) is 0 Å². The van der Waals surface area contributed by atoms with Gasteiger partial charge in [-0.15, -0.1) is 15.3 Å². The summed E-state index contributed by atoms with van der Waals surface area (Å²) < 4.78 is 1.88. The van der Waals surface area contributed by atoms with E-state index in [1.807, 2.05) is 29.8 Å². The number of hydrogen-bond donors (Lipinski definition) is 1. The van der Waals surface area contributed by atoms with Crippen LogP contribution in [0, 0.1) is 0 Å². The molecule has 0 amide bonds. The fraction of sp³-hybridized carbons (Fsp3) is 0.167. The molecular weight excluding hydrogens is 228 g/mol. The van der Waals surface area contributed by atoms with Crippen molar-refractivity contribution in [3.8, 4) is 0 Å². The first-order valence-electron chi connectivity index (χ1n) is 5.85. The van der Waals surface area contributed by atoms with Gasteiger partial charge in [0.1, 0.15) is 0 Å². The molecule has 6 heteroatoms. The Hall–Kier alpha value is -2.50. The highest BCUT2D eigenvalue weighted by Crippen LogP contribution is 2.27. The topological polar surface area (TPSA) is 72.3 Å². The molecule has 0 saturated carbocycles. The summed E-state index contributed by atoms with van der Waals surface area (Å²) in [4.78, 5) is 3.28. The number of pyridine rings is 1. The number of hydrogen-bond acceptors (Lipinski definition) is 4. The monoisotopic (exact) mass is 238 g/mol. The van der Waals surface area contributed by atoms with E-state index in [1.165, 1.54) is 0 Å². The van der Waals surface area contributed by atoms with Crippen molar-refractivity contribution in [1.82, 2.24) is 30.2 Å². The van der Waals surface area contributed by atoms with Crippen molar-refractivity contribution in [3.63, 3.8) is 0 Å². The Bertz CT molecular complexity index is 871. The van der Waals surface area contributed by atoms with Gasteiger partial charge in [0.15, 0.2) is 5.65 Å². The van der Waals surface area contributed by atoms with E-state index in [9.17, 15) is 0 Å². The SMILES string of the molecule is CCn1nnc2nnc3[nH]c4ccccc4c1c23. The summed E-state index contributed by atoms with van der Waals surface area (Å²) in [5.74, 6) is 0. The summed E-state index contributed by atoms with van der Waals surface area (Å²) in [6.45, 7) is 2.81. The number of benzene rings is 1. The highest BCUT2D eigenvalue weighted by molar-refractivity contribution is 6.14. The summed E-state index contributed by atoms with van der Waals surface area (Å²) >= 11 is 0. The van der Waals surface area contributed by atoms with Crippen molar-refractivity contribution in [3.05, 3.63) is 24.3 Å². The summed E-state index contributed by atoms with van der Waals surface area (Å²) in [7, 11) is 0. The summed E-state index contributed by atoms with van der Waals surface area (Å²) in [5.41, 5.74) is 3.42. The van der Waals surface area contributed by atoms with Gasteiger partial charge in [0.2, 0.25) is 5.65 Å². The van der Waals surface area contributed by atoms with Gasteiger partial charge in [0, 0.05) is 17.4 Å². The third-order valence-corrected chi connectivity index (χ3v) is 3.18. The molecule has 0 unspecified atom stereocenters. The second kappa shape index (κ2) is 3.25. The molecule has 18 heavy (non-hydrogen) atoms. The quantitative estimate of drug-likeness (QED) is 0.514. The number of fused-ring (bicyclic) bond motifs is 2. The Labute approximate surface area is 102 Å². The molecular formula is C12H10N6. The number of nitrogens with one attached hydrogen (secondary N) is 1. The average Bonchev–Trinajstić information content (AvgIpc) is 2.83. The Kier molecular flexibility index (Phi) is 1.72. The molecule has 0 saturated heterocycles. The molecule has 0 aliphatic rings. The van der Waals surface area contributed by atoms with E-state index in [0.29, 0.717) is 5.65 Å². The zero-order valence-corrected chi connectivity index (χ0v) is 9.75. The predicted octanol–water partition coefficient (Wildman–Crippen LogP) is 1.88. The Morgan fingerprint density at radius 2 is 2.06 bits per heavy atom. The van der Waals surface area contributed by atoms with E-state index < -0.39 is 0 Å². The molecule has 1 aromatic carbocycles. The van der Waals surface area contributed by atoms with Crippen LogP contribution in [-0.2, 0) is 6.54 Å². The van der Waals surface area contributed by atoms with Gasteiger partial charge >= 0.3 is 0 Å². The van der Waals surface area contributed by atoms with E-state index >= 15 is 0 Å². The Morgan fingerprint density at radius 3 is 2.94 bits per heavy atom. The first-order chi connectivity index (χ1) is 8.88. The molecule has 88 valence electrons. The number of H-pyrrole nitrogens is 1. The van der Waals surface area contributed by atoms with E-state index in [4.69, 9.17) is 0 Å². The lowest BCUT2D eigenvalue weighted by atomic mass is 10.1. The van der Waals surface area contributed by atoms with Crippen LogP contribution in [0.15, 0.2) is 24.3 Å². The number of rotatable bonds is 1. The molecule has 0 fully saturated rings. The fourth-order valence-electron chi connectivity index (χ4n) is 2.37.